The van der Waals surface area contributed by atoms with Crippen molar-refractivity contribution in [3.63, 3.8) is 0 Å². The van der Waals surface area contributed by atoms with Crippen LogP contribution in [0.2, 0.25) is 0 Å². The number of amides is 8. The molecular weight excluding hydrogens is 927 g/mol. The number of carboxylic acid groups (broad SMARTS) is 2. The lowest BCUT2D eigenvalue weighted by atomic mass is 9.99. The smallest absolute Gasteiger partial charge is 0.326 e. The minimum absolute atomic E-state index is 0.0493. The maximum Gasteiger partial charge on any atom is 0.326 e. The van der Waals surface area contributed by atoms with Gasteiger partial charge in [-0.15, -0.1) is 0 Å². The van der Waals surface area contributed by atoms with Crippen LogP contribution in [0.5, 0.6) is 0 Å². The summed E-state index contributed by atoms with van der Waals surface area (Å²) in [6.07, 6.45) is 3.38. The Morgan fingerprint density at radius 3 is 1.59 bits per heavy atom. The predicted octanol–water partition coefficient (Wildman–Crippen LogP) is -3.83. The number of nitrogens with one attached hydrogen (secondary N) is 9. The summed E-state index contributed by atoms with van der Waals surface area (Å²) in [5.41, 5.74) is 6.77. The second-order valence-corrected chi connectivity index (χ2v) is 17.1. The van der Waals surface area contributed by atoms with Gasteiger partial charge in [0.15, 0.2) is 0 Å². The third-order valence-electron chi connectivity index (χ3n) is 10.7. The highest BCUT2D eigenvalue weighted by Gasteiger charge is 2.34. The van der Waals surface area contributed by atoms with E-state index in [9.17, 15) is 68.4 Å². The third-order valence-corrected chi connectivity index (χ3v) is 11.4. The zero-order valence-corrected chi connectivity index (χ0v) is 39.8. The van der Waals surface area contributed by atoms with Gasteiger partial charge in [0.2, 0.25) is 47.3 Å². The van der Waals surface area contributed by atoms with Crippen LogP contribution in [-0.4, -0.2) is 169 Å². The predicted molar refractivity (Wildman–Crippen MR) is 248 cm³/mol. The van der Waals surface area contributed by atoms with Crippen LogP contribution in [0.4, 0.5) is 0 Å². The Kier molecular flexibility index (Phi) is 25.4. The van der Waals surface area contributed by atoms with Crippen molar-refractivity contribution < 1.29 is 68.4 Å². The molecule has 1 aromatic carbocycles. The lowest BCUT2D eigenvalue weighted by Gasteiger charge is -2.27. The lowest BCUT2D eigenvalue weighted by Crippen LogP contribution is -2.61. The molecule has 0 unspecified atom stereocenters. The number of nitrogens with zero attached hydrogens (tertiary/aromatic N) is 1. The highest BCUT2D eigenvalue weighted by atomic mass is 32.2. The molecule has 25 nitrogen and oxygen atoms in total. The van der Waals surface area contributed by atoms with E-state index in [1.165, 1.54) is 38.1 Å². The van der Waals surface area contributed by atoms with Gasteiger partial charge in [-0.25, -0.2) is 9.78 Å². The zero-order chi connectivity index (χ0) is 51.8. The fraction of sp³-hybridized carbons (Fsp3) is 0.558. The molecule has 8 amide bonds. The summed E-state index contributed by atoms with van der Waals surface area (Å²) < 4.78 is 0. The Morgan fingerprint density at radius 2 is 1.09 bits per heavy atom. The molecule has 1 heterocycles. The molecular formula is C43H65N11O14S. The summed E-state index contributed by atoms with van der Waals surface area (Å²) >= 11 is 1.34. The van der Waals surface area contributed by atoms with E-state index in [4.69, 9.17) is 5.73 Å². The average molecular weight is 992 g/mol. The van der Waals surface area contributed by atoms with Crippen molar-refractivity contribution in [2.75, 3.05) is 25.2 Å². The molecule has 0 spiro atoms. The minimum atomic E-state index is -1.64. The standard InChI is InChI=1S/C43H65N11O14S/c1-6-22(2)34(44)42(66)54-31(19-55)40(64)48-23(3)35(59)47-24(4)36(60)49-27(12-13-33(57)58)37(61)52-30(17-26-18-45-21-46-26)39(63)51-29(16-25-10-8-7-9-11-25)38(62)53-32(20-56)41(65)50-28(43(67)68)14-15-69-5/h7-11,18,21-24,27-32,34,55-56H,6,12-17,19-20,44H2,1-5H3,(H,45,46)(H,47,59)(H,48,64)(H,49,60)(H,50,65)(H,51,63)(H,52,61)(H,53,62)(H,54,66)(H,57,58)(H,67,68)/t22-,23-,24-,27-,28-,29-,30-,31-,32-,34-/m0/s1. The minimum Gasteiger partial charge on any atom is -0.481 e. The third kappa shape index (κ3) is 20.2. The van der Waals surface area contributed by atoms with Gasteiger partial charge < -0.3 is 73.7 Å². The number of carboxylic acids is 2. The lowest BCUT2D eigenvalue weighted by molar-refractivity contribution is -0.142. The maximum absolute atomic E-state index is 14.1. The molecule has 2 rings (SSSR count). The number of thioether (sulfide) groups is 1. The fourth-order valence-electron chi connectivity index (χ4n) is 6.25. The zero-order valence-electron chi connectivity index (χ0n) is 39.0. The molecule has 0 bridgehead atoms. The van der Waals surface area contributed by atoms with Crippen LogP contribution in [0.1, 0.15) is 64.6 Å². The molecule has 10 atom stereocenters. The van der Waals surface area contributed by atoms with Crippen LogP contribution >= 0.6 is 11.8 Å². The molecule has 0 saturated carbocycles. The van der Waals surface area contributed by atoms with E-state index >= 15 is 0 Å². The number of aromatic amines is 1. The Bertz CT molecular complexity index is 2050. The van der Waals surface area contributed by atoms with E-state index in [0.29, 0.717) is 23.4 Å². The van der Waals surface area contributed by atoms with Crippen molar-refractivity contribution in [3.05, 3.63) is 54.1 Å². The SMILES string of the molecule is CC[C@H](C)[C@H](N)C(=O)N[C@@H](CO)C(=O)N[C@@H](C)C(=O)N[C@@H](C)C(=O)N[C@@H](CCC(=O)O)C(=O)N[C@@H](Cc1cnc[nH]1)C(=O)N[C@@H](Cc1ccccc1)C(=O)N[C@@H](CO)C(=O)N[C@@H](CCSC)C(=O)O. The number of aromatic nitrogens is 2. The second-order valence-electron chi connectivity index (χ2n) is 16.1. The number of nitrogens with two attached hydrogens (primary N) is 1. The first-order chi connectivity index (χ1) is 32.6. The molecule has 0 saturated heterocycles. The summed E-state index contributed by atoms with van der Waals surface area (Å²) in [7, 11) is 0. The molecule has 0 fully saturated rings. The molecule has 26 heteroatoms. The topological polar surface area (TPSA) is 403 Å². The molecule has 0 aliphatic heterocycles. The summed E-state index contributed by atoms with van der Waals surface area (Å²) in [6.45, 7) is 4.27. The number of hydrogen-bond donors (Lipinski definition) is 14. The number of benzene rings is 1. The van der Waals surface area contributed by atoms with Gasteiger partial charge in [0.1, 0.15) is 48.3 Å². The summed E-state index contributed by atoms with van der Waals surface area (Å²) in [5.74, 6) is -10.0. The van der Waals surface area contributed by atoms with Crippen LogP contribution < -0.4 is 48.3 Å². The van der Waals surface area contributed by atoms with Crippen molar-refractivity contribution in [1.82, 2.24) is 52.5 Å². The Labute approximate surface area is 402 Å². The van der Waals surface area contributed by atoms with E-state index in [1.807, 2.05) is 6.92 Å². The van der Waals surface area contributed by atoms with Gasteiger partial charge in [-0.05, 0) is 50.2 Å². The van der Waals surface area contributed by atoms with E-state index in [1.54, 1.807) is 43.5 Å². The first-order valence-electron chi connectivity index (χ1n) is 22.0. The molecule has 0 aliphatic carbocycles. The first kappa shape index (κ1) is 58.5. The van der Waals surface area contributed by atoms with Gasteiger partial charge in [-0.3, -0.25) is 43.2 Å². The van der Waals surface area contributed by atoms with Gasteiger partial charge in [-0.2, -0.15) is 11.8 Å². The molecule has 382 valence electrons. The highest BCUT2D eigenvalue weighted by Crippen LogP contribution is 2.10. The number of hydrogen-bond acceptors (Lipinski definition) is 15. The van der Waals surface area contributed by atoms with E-state index in [-0.39, 0.29) is 25.2 Å². The number of aliphatic hydroxyl groups is 2. The largest absolute Gasteiger partial charge is 0.481 e. The molecule has 0 aliphatic rings. The number of aliphatic hydroxyl groups excluding tert-OH is 2. The normalized spacial score (nSPS) is 15.4. The average Bonchev–Trinajstić information content (AvgIpc) is 3.84. The summed E-state index contributed by atoms with van der Waals surface area (Å²) in [4.78, 5) is 137. The van der Waals surface area contributed by atoms with Crippen LogP contribution in [-0.2, 0) is 60.8 Å². The van der Waals surface area contributed by atoms with Gasteiger partial charge >= 0.3 is 11.9 Å². The van der Waals surface area contributed by atoms with Crippen LogP contribution in [0.15, 0.2) is 42.9 Å². The van der Waals surface area contributed by atoms with Crippen LogP contribution in [0, 0.1) is 5.92 Å². The molecule has 0 radical (unpaired) electrons. The Balaban J connectivity index is 2.30. The van der Waals surface area contributed by atoms with Crippen molar-refractivity contribution >= 4 is 71.0 Å². The van der Waals surface area contributed by atoms with Crippen molar-refractivity contribution in [1.29, 1.82) is 0 Å². The Hall–Kier alpha value is -6.64. The fourth-order valence-corrected chi connectivity index (χ4v) is 6.72. The van der Waals surface area contributed by atoms with Crippen molar-refractivity contribution in [2.24, 2.45) is 11.7 Å². The number of H-pyrrole nitrogens is 1. The highest BCUT2D eigenvalue weighted by molar-refractivity contribution is 7.98. The number of carbonyl (C=O) groups excluding carboxylic acids is 8. The number of aliphatic carboxylic acids is 2. The molecule has 15 N–H and O–H groups in total. The monoisotopic (exact) mass is 991 g/mol. The summed E-state index contributed by atoms with van der Waals surface area (Å²) in [5, 5.41) is 58.0. The van der Waals surface area contributed by atoms with E-state index < -0.39 is 140 Å². The van der Waals surface area contributed by atoms with Crippen LogP contribution in [0.25, 0.3) is 0 Å². The Morgan fingerprint density at radius 1 is 0.623 bits per heavy atom. The molecule has 1 aromatic heterocycles. The van der Waals surface area contributed by atoms with Gasteiger partial charge in [0.05, 0.1) is 25.6 Å². The van der Waals surface area contributed by atoms with E-state index in [2.05, 4.69) is 52.5 Å². The molecule has 69 heavy (non-hydrogen) atoms. The maximum atomic E-state index is 14.1. The number of carbonyl (C=O) groups is 10. The quantitative estimate of drug-likeness (QED) is 0.0344. The van der Waals surface area contributed by atoms with Gasteiger partial charge in [0.25, 0.3) is 0 Å². The van der Waals surface area contributed by atoms with Crippen molar-refractivity contribution in [2.45, 2.75) is 121 Å². The van der Waals surface area contributed by atoms with E-state index in [0.717, 1.165) is 0 Å². The second kappa shape index (κ2) is 30.0. The number of rotatable bonds is 31. The van der Waals surface area contributed by atoms with Gasteiger partial charge in [-0.1, -0.05) is 50.6 Å². The van der Waals surface area contributed by atoms with Crippen LogP contribution in [0.3, 0.4) is 0 Å². The summed E-state index contributed by atoms with van der Waals surface area (Å²) in [6, 6.07) is -4.47. The van der Waals surface area contributed by atoms with Gasteiger partial charge in [0, 0.05) is 31.2 Å². The van der Waals surface area contributed by atoms with Crippen molar-refractivity contribution in [3.8, 4) is 0 Å². The number of imidazole rings is 1. The molecule has 2 aromatic rings. The first-order valence-corrected chi connectivity index (χ1v) is 23.4.